The van der Waals surface area contributed by atoms with E-state index in [-0.39, 0.29) is 18.1 Å². The lowest BCUT2D eigenvalue weighted by Crippen LogP contribution is -2.15. The fourth-order valence-electron chi connectivity index (χ4n) is 3.13. The molecule has 0 saturated carbocycles. The van der Waals surface area contributed by atoms with Crippen molar-refractivity contribution in [3.05, 3.63) is 94.9 Å². The molecule has 0 aliphatic carbocycles. The first-order valence-corrected chi connectivity index (χ1v) is 9.71. The molecule has 158 valence electrons. The van der Waals surface area contributed by atoms with Crippen LogP contribution in [0.5, 0.6) is 5.75 Å². The topological polar surface area (TPSA) is 82.2 Å². The SMILES string of the molecule is Cc1cccc(OCc2c(C(=O)Nc3cnn(Cc4cccc(F)c4)c3)noc2C)c1. The summed E-state index contributed by atoms with van der Waals surface area (Å²) >= 11 is 0. The van der Waals surface area contributed by atoms with E-state index in [0.29, 0.717) is 29.3 Å². The molecule has 1 amide bonds. The van der Waals surface area contributed by atoms with E-state index in [1.54, 1.807) is 23.9 Å². The van der Waals surface area contributed by atoms with Gasteiger partial charge in [-0.05, 0) is 49.2 Å². The van der Waals surface area contributed by atoms with Crippen molar-refractivity contribution in [3.63, 3.8) is 0 Å². The summed E-state index contributed by atoms with van der Waals surface area (Å²) in [5.41, 5.74) is 3.07. The maximum absolute atomic E-state index is 13.4. The lowest BCUT2D eigenvalue weighted by atomic mass is 10.2. The maximum atomic E-state index is 13.4. The zero-order chi connectivity index (χ0) is 21.8. The molecule has 2 aromatic carbocycles. The first-order chi connectivity index (χ1) is 15.0. The molecule has 0 unspecified atom stereocenters. The van der Waals surface area contributed by atoms with Gasteiger partial charge in [0, 0.05) is 6.20 Å². The van der Waals surface area contributed by atoms with Gasteiger partial charge in [-0.1, -0.05) is 29.4 Å². The van der Waals surface area contributed by atoms with Crippen LogP contribution in [0.1, 0.15) is 32.9 Å². The summed E-state index contributed by atoms with van der Waals surface area (Å²) in [5, 5.41) is 10.9. The summed E-state index contributed by atoms with van der Waals surface area (Å²) in [5.74, 6) is 0.482. The van der Waals surface area contributed by atoms with Gasteiger partial charge in [0.1, 0.15) is 23.9 Å². The second-order valence-electron chi connectivity index (χ2n) is 7.18. The Kier molecular flexibility index (Phi) is 5.79. The number of carbonyl (C=O) groups excluding carboxylic acids is 1. The number of hydrogen-bond acceptors (Lipinski definition) is 5. The number of anilines is 1. The van der Waals surface area contributed by atoms with Gasteiger partial charge in [0.2, 0.25) is 0 Å². The van der Waals surface area contributed by atoms with Crippen LogP contribution >= 0.6 is 0 Å². The Morgan fingerprint density at radius 2 is 2.03 bits per heavy atom. The van der Waals surface area contributed by atoms with E-state index in [2.05, 4.69) is 15.6 Å². The van der Waals surface area contributed by atoms with E-state index in [0.717, 1.165) is 11.1 Å². The van der Waals surface area contributed by atoms with E-state index in [1.165, 1.54) is 18.3 Å². The third-order valence-corrected chi connectivity index (χ3v) is 4.70. The third kappa shape index (κ3) is 4.98. The Morgan fingerprint density at radius 1 is 1.19 bits per heavy atom. The summed E-state index contributed by atoms with van der Waals surface area (Å²) in [4.78, 5) is 12.8. The number of rotatable bonds is 7. The largest absolute Gasteiger partial charge is 0.489 e. The minimum absolute atomic E-state index is 0.153. The van der Waals surface area contributed by atoms with Gasteiger partial charge >= 0.3 is 0 Å². The fraction of sp³-hybridized carbons (Fsp3) is 0.174. The van der Waals surface area contributed by atoms with Gasteiger partial charge in [0.05, 0.1) is 24.0 Å². The number of benzene rings is 2. The number of aryl methyl sites for hydroxylation is 2. The van der Waals surface area contributed by atoms with Crippen LogP contribution in [0, 0.1) is 19.7 Å². The summed E-state index contributed by atoms with van der Waals surface area (Å²) in [7, 11) is 0. The van der Waals surface area contributed by atoms with Crippen LogP contribution in [-0.2, 0) is 13.2 Å². The summed E-state index contributed by atoms with van der Waals surface area (Å²) < 4.78 is 26.0. The molecule has 0 saturated heterocycles. The van der Waals surface area contributed by atoms with Crippen LogP contribution in [0.25, 0.3) is 0 Å². The molecule has 0 atom stereocenters. The molecule has 8 heteroatoms. The van der Waals surface area contributed by atoms with Gasteiger partial charge in [-0.3, -0.25) is 9.48 Å². The highest BCUT2D eigenvalue weighted by atomic mass is 19.1. The Labute approximate surface area is 178 Å². The number of carbonyl (C=O) groups is 1. The molecule has 0 aliphatic rings. The molecule has 1 N–H and O–H groups in total. The number of amides is 1. The molecule has 0 radical (unpaired) electrons. The number of nitrogens with zero attached hydrogens (tertiary/aromatic N) is 3. The van der Waals surface area contributed by atoms with Crippen LogP contribution in [0.4, 0.5) is 10.1 Å². The molecule has 0 fully saturated rings. The van der Waals surface area contributed by atoms with Crippen molar-refractivity contribution >= 4 is 11.6 Å². The van der Waals surface area contributed by atoms with E-state index >= 15 is 0 Å². The molecule has 4 rings (SSSR count). The highest BCUT2D eigenvalue weighted by Crippen LogP contribution is 2.20. The molecule has 2 aromatic heterocycles. The zero-order valence-corrected chi connectivity index (χ0v) is 17.1. The number of nitrogens with one attached hydrogen (secondary N) is 1. The number of hydrogen-bond donors (Lipinski definition) is 1. The summed E-state index contributed by atoms with van der Waals surface area (Å²) in [6.45, 7) is 4.24. The van der Waals surface area contributed by atoms with E-state index in [9.17, 15) is 9.18 Å². The second-order valence-corrected chi connectivity index (χ2v) is 7.18. The van der Waals surface area contributed by atoms with Crippen LogP contribution < -0.4 is 10.1 Å². The quantitative estimate of drug-likeness (QED) is 0.476. The molecule has 4 aromatic rings. The number of aromatic nitrogens is 3. The number of halogens is 1. The van der Waals surface area contributed by atoms with Crippen molar-refractivity contribution in [3.8, 4) is 5.75 Å². The highest BCUT2D eigenvalue weighted by Gasteiger charge is 2.21. The maximum Gasteiger partial charge on any atom is 0.278 e. The molecule has 7 nitrogen and oxygen atoms in total. The smallest absolute Gasteiger partial charge is 0.278 e. The molecular formula is C23H21FN4O3. The molecule has 0 aliphatic heterocycles. The minimum Gasteiger partial charge on any atom is -0.489 e. The average molecular weight is 420 g/mol. The van der Waals surface area contributed by atoms with E-state index < -0.39 is 5.91 Å². The van der Waals surface area contributed by atoms with Crippen LogP contribution in [0.15, 0.2) is 65.4 Å². The summed E-state index contributed by atoms with van der Waals surface area (Å²) in [6, 6.07) is 13.9. The lowest BCUT2D eigenvalue weighted by Gasteiger charge is -2.07. The Bertz CT molecular complexity index is 1220. The van der Waals surface area contributed by atoms with Crippen LogP contribution in [-0.4, -0.2) is 20.8 Å². The van der Waals surface area contributed by atoms with Crippen molar-refractivity contribution in [2.24, 2.45) is 0 Å². The predicted octanol–water partition coefficient (Wildman–Crippen LogP) is 4.51. The van der Waals surface area contributed by atoms with Gasteiger partial charge in [-0.25, -0.2) is 4.39 Å². The lowest BCUT2D eigenvalue weighted by molar-refractivity contribution is 0.101. The average Bonchev–Trinajstić information content (AvgIpc) is 3.32. The first kappa shape index (κ1) is 20.3. The van der Waals surface area contributed by atoms with Crippen LogP contribution in [0.2, 0.25) is 0 Å². The van der Waals surface area contributed by atoms with Crippen molar-refractivity contribution in [1.29, 1.82) is 0 Å². The van der Waals surface area contributed by atoms with Gasteiger partial charge in [-0.2, -0.15) is 5.10 Å². The predicted molar refractivity (Wildman–Crippen MR) is 112 cm³/mol. The highest BCUT2D eigenvalue weighted by molar-refractivity contribution is 6.03. The molecule has 0 bridgehead atoms. The monoisotopic (exact) mass is 420 g/mol. The Balaban J connectivity index is 1.43. The van der Waals surface area contributed by atoms with Gasteiger partial charge in [-0.15, -0.1) is 0 Å². The normalized spacial score (nSPS) is 10.8. The van der Waals surface area contributed by atoms with Crippen molar-refractivity contribution < 1.29 is 18.4 Å². The van der Waals surface area contributed by atoms with Crippen molar-refractivity contribution in [1.82, 2.24) is 14.9 Å². The standard InChI is InChI=1S/C23H21FN4O3/c1-15-5-3-8-20(9-15)30-14-21-16(2)31-27-22(21)23(29)26-19-11-25-28(13-19)12-17-6-4-7-18(24)10-17/h3-11,13H,12,14H2,1-2H3,(H,26,29). The fourth-order valence-corrected chi connectivity index (χ4v) is 3.13. The molecule has 0 spiro atoms. The van der Waals surface area contributed by atoms with Crippen LogP contribution in [0.3, 0.4) is 0 Å². The summed E-state index contributed by atoms with van der Waals surface area (Å²) in [6.07, 6.45) is 3.19. The number of ether oxygens (including phenoxy) is 1. The zero-order valence-electron chi connectivity index (χ0n) is 17.1. The van der Waals surface area contributed by atoms with Crippen molar-refractivity contribution in [2.75, 3.05) is 5.32 Å². The van der Waals surface area contributed by atoms with E-state index in [4.69, 9.17) is 9.26 Å². The van der Waals surface area contributed by atoms with Gasteiger partial charge < -0.3 is 14.6 Å². The second kappa shape index (κ2) is 8.83. The molecule has 31 heavy (non-hydrogen) atoms. The Hall–Kier alpha value is -3.94. The van der Waals surface area contributed by atoms with Gasteiger partial charge in [0.15, 0.2) is 5.69 Å². The molecule has 2 heterocycles. The minimum atomic E-state index is -0.426. The first-order valence-electron chi connectivity index (χ1n) is 9.71. The van der Waals surface area contributed by atoms with Gasteiger partial charge in [0.25, 0.3) is 5.91 Å². The molecular weight excluding hydrogens is 399 g/mol. The van der Waals surface area contributed by atoms with Crippen molar-refractivity contribution in [2.45, 2.75) is 27.0 Å². The van der Waals surface area contributed by atoms with E-state index in [1.807, 2.05) is 37.3 Å². The third-order valence-electron chi connectivity index (χ3n) is 4.70. The Morgan fingerprint density at radius 3 is 2.84 bits per heavy atom.